The van der Waals surface area contributed by atoms with Crippen molar-refractivity contribution in [2.24, 2.45) is 0 Å². The summed E-state index contributed by atoms with van der Waals surface area (Å²) in [5.41, 5.74) is 7.91. The molecular formula is C38H34BrClN8O2. The quantitative estimate of drug-likeness (QED) is 0.174. The van der Waals surface area contributed by atoms with Crippen LogP contribution in [0.2, 0.25) is 5.02 Å². The molecule has 2 atom stereocenters. The highest BCUT2D eigenvalue weighted by molar-refractivity contribution is 9.10. The number of anilines is 2. The Morgan fingerprint density at radius 3 is 2.58 bits per heavy atom. The van der Waals surface area contributed by atoms with E-state index in [4.69, 9.17) is 23.2 Å². The lowest BCUT2D eigenvalue weighted by molar-refractivity contribution is -0.122. The van der Waals surface area contributed by atoms with Gasteiger partial charge < -0.3 is 20.1 Å². The monoisotopic (exact) mass is 748 g/mol. The third-order valence-electron chi connectivity index (χ3n) is 9.20. The summed E-state index contributed by atoms with van der Waals surface area (Å²) < 4.78 is 2.90. The maximum atomic E-state index is 14.3. The molecule has 1 fully saturated rings. The van der Waals surface area contributed by atoms with Crippen LogP contribution in [0.1, 0.15) is 39.7 Å². The number of nitrogens with zero attached hydrogens (tertiary/aromatic N) is 6. The zero-order chi connectivity index (χ0) is 34.8. The molecule has 10 nitrogen and oxygen atoms in total. The largest absolute Gasteiger partial charge is 0.333 e. The number of hydrogen-bond donors (Lipinski definition) is 2. The highest BCUT2D eigenvalue weighted by Crippen LogP contribution is 2.38. The minimum Gasteiger partial charge on any atom is -0.333 e. The van der Waals surface area contributed by atoms with Crippen LogP contribution in [0.4, 0.5) is 21.9 Å². The number of urea groups is 1. The van der Waals surface area contributed by atoms with Crippen LogP contribution in [0, 0.1) is 13.5 Å². The minimum absolute atomic E-state index is 0.239. The fourth-order valence-electron chi connectivity index (χ4n) is 6.84. The van der Waals surface area contributed by atoms with E-state index in [9.17, 15) is 9.59 Å². The average molecular weight is 750 g/mol. The number of fused-ring (bicyclic) bond motifs is 2. The predicted octanol–water partition coefficient (Wildman–Crippen LogP) is 7.65. The summed E-state index contributed by atoms with van der Waals surface area (Å²) in [5, 5.41) is 6.73. The molecule has 12 heteroatoms. The number of benzene rings is 3. The van der Waals surface area contributed by atoms with E-state index in [0.717, 1.165) is 51.0 Å². The molecule has 7 rings (SSSR count). The number of nitrogens with one attached hydrogen (secondary N) is 2. The Hall–Kier alpha value is -5.02. The molecule has 2 aliphatic rings. The van der Waals surface area contributed by atoms with E-state index in [1.165, 1.54) is 0 Å². The van der Waals surface area contributed by atoms with E-state index in [2.05, 4.69) is 53.4 Å². The second-order valence-electron chi connectivity index (χ2n) is 12.6. The Labute approximate surface area is 304 Å². The van der Waals surface area contributed by atoms with Crippen LogP contribution >= 0.6 is 27.5 Å². The number of imidazole rings is 1. The lowest BCUT2D eigenvalue weighted by atomic mass is 9.95. The van der Waals surface area contributed by atoms with E-state index in [-0.39, 0.29) is 24.5 Å². The van der Waals surface area contributed by atoms with Gasteiger partial charge in [-0.25, -0.2) is 14.6 Å². The molecule has 0 radical (unpaired) electrons. The number of piperazine rings is 1. The predicted molar refractivity (Wildman–Crippen MR) is 198 cm³/mol. The number of carbonyl (C=O) groups is 2. The Morgan fingerprint density at radius 2 is 1.80 bits per heavy atom. The van der Waals surface area contributed by atoms with Gasteiger partial charge in [0.2, 0.25) is 5.91 Å². The maximum Gasteiger partial charge on any atom is 0.322 e. The summed E-state index contributed by atoms with van der Waals surface area (Å²) in [6.07, 6.45) is 7.19. The molecule has 1 aliphatic carbocycles. The van der Waals surface area contributed by atoms with Crippen molar-refractivity contribution in [3.63, 3.8) is 0 Å². The van der Waals surface area contributed by atoms with Crippen molar-refractivity contribution in [3.8, 4) is 0 Å². The first-order chi connectivity index (χ1) is 24.2. The lowest BCUT2D eigenvalue weighted by Gasteiger charge is -2.43. The standard InChI is InChI=1S/C38H34BrClN8O2/c1-24-20-46(23-43-24)21-25-4-3-5-32(16-25)44-37(49)34-22-47(14-15-48(34)38(50)45-31-11-9-30(41-2)10-12-31)36-33-13-8-29(40)18-26(33)6-7-27-17-28(39)19-42-35(27)36/h3-5,8-13,16-20,23,34,36H,6-7,14-15,21-22H2,1H3,(H,44,49)(H,45,50). The fourth-order valence-corrected chi connectivity index (χ4v) is 7.42. The van der Waals surface area contributed by atoms with Gasteiger partial charge in [-0.1, -0.05) is 41.9 Å². The number of halogens is 2. The summed E-state index contributed by atoms with van der Waals surface area (Å²) in [4.78, 5) is 44.7. The second-order valence-corrected chi connectivity index (χ2v) is 14.0. The highest BCUT2D eigenvalue weighted by Gasteiger charge is 2.40. The van der Waals surface area contributed by atoms with Crippen LogP contribution in [0.15, 0.2) is 96.0 Å². The number of hydrogen-bond acceptors (Lipinski definition) is 5. The molecule has 0 saturated carbocycles. The lowest BCUT2D eigenvalue weighted by Crippen LogP contribution is -2.61. The fraction of sp³-hybridized carbons (Fsp3) is 0.237. The molecule has 2 unspecified atom stereocenters. The van der Waals surface area contributed by atoms with Crippen LogP contribution in [0.25, 0.3) is 4.85 Å². The highest BCUT2D eigenvalue weighted by atomic mass is 79.9. The van der Waals surface area contributed by atoms with E-state index < -0.39 is 6.04 Å². The first-order valence-corrected chi connectivity index (χ1v) is 17.5. The Morgan fingerprint density at radius 1 is 0.980 bits per heavy atom. The van der Waals surface area contributed by atoms with Crippen LogP contribution < -0.4 is 10.6 Å². The van der Waals surface area contributed by atoms with Gasteiger partial charge in [0.1, 0.15) is 6.04 Å². The number of aryl methyl sites for hydroxylation is 3. The Balaban J connectivity index is 1.20. The minimum atomic E-state index is -0.830. The van der Waals surface area contributed by atoms with Gasteiger partial charge in [0.25, 0.3) is 0 Å². The van der Waals surface area contributed by atoms with E-state index in [0.29, 0.717) is 41.7 Å². The topological polar surface area (TPSA) is 99.8 Å². The Kier molecular flexibility index (Phi) is 9.68. The van der Waals surface area contributed by atoms with Gasteiger partial charge >= 0.3 is 6.03 Å². The molecule has 0 bridgehead atoms. The number of rotatable bonds is 6. The number of carbonyl (C=O) groups excluding carboxylic acids is 2. The van der Waals surface area contributed by atoms with Crippen molar-refractivity contribution in [2.75, 3.05) is 30.3 Å². The molecule has 252 valence electrons. The van der Waals surface area contributed by atoms with Crippen molar-refractivity contribution in [3.05, 3.63) is 146 Å². The van der Waals surface area contributed by atoms with E-state index in [1.807, 2.05) is 60.3 Å². The van der Waals surface area contributed by atoms with Crippen molar-refractivity contribution < 1.29 is 9.59 Å². The van der Waals surface area contributed by atoms with Gasteiger partial charge in [0.05, 0.1) is 30.3 Å². The maximum absolute atomic E-state index is 14.3. The van der Waals surface area contributed by atoms with Crippen LogP contribution in [0.5, 0.6) is 0 Å². The summed E-state index contributed by atoms with van der Waals surface area (Å²) in [6.45, 7) is 10.9. The second kappa shape index (κ2) is 14.5. The van der Waals surface area contributed by atoms with Crippen molar-refractivity contribution >= 4 is 56.5 Å². The van der Waals surface area contributed by atoms with Crippen LogP contribution in [0.3, 0.4) is 0 Å². The smallest absolute Gasteiger partial charge is 0.322 e. The van der Waals surface area contributed by atoms with Gasteiger partial charge in [0.15, 0.2) is 5.69 Å². The molecule has 1 aliphatic heterocycles. The molecular weight excluding hydrogens is 716 g/mol. The molecule has 3 amide bonds. The van der Waals surface area contributed by atoms with E-state index in [1.54, 1.807) is 35.5 Å². The van der Waals surface area contributed by atoms with Gasteiger partial charge in [-0.3, -0.25) is 14.7 Å². The zero-order valence-corrected chi connectivity index (χ0v) is 29.7. The average Bonchev–Trinajstić information content (AvgIpc) is 3.45. The summed E-state index contributed by atoms with van der Waals surface area (Å²) in [6, 6.07) is 21.1. The molecule has 1 saturated heterocycles. The SMILES string of the molecule is [C-]#[N+]c1ccc(NC(=O)N2CCN(C3c4ccc(Cl)cc4CCc4cc(Br)cnc43)CC2C(=O)Nc2cccc(Cn3cnc(C)c3)c2)cc1. The first-order valence-electron chi connectivity index (χ1n) is 16.3. The molecule has 2 N–H and O–H groups in total. The van der Waals surface area contributed by atoms with Gasteiger partial charge in [-0.15, -0.1) is 0 Å². The van der Waals surface area contributed by atoms with Crippen LogP contribution in [-0.4, -0.2) is 61.9 Å². The van der Waals surface area contributed by atoms with Crippen molar-refractivity contribution in [1.29, 1.82) is 0 Å². The van der Waals surface area contributed by atoms with Gasteiger partial charge in [-0.2, -0.15) is 0 Å². The number of aromatic nitrogens is 3. The molecule has 3 aromatic carbocycles. The summed E-state index contributed by atoms with van der Waals surface area (Å²) >= 11 is 10.1. The first kappa shape index (κ1) is 33.5. The van der Waals surface area contributed by atoms with Gasteiger partial charge in [0, 0.05) is 59.4 Å². The normalized spacial score (nSPS) is 17.2. The number of amides is 3. The summed E-state index contributed by atoms with van der Waals surface area (Å²) in [7, 11) is 0. The molecule has 50 heavy (non-hydrogen) atoms. The van der Waals surface area contributed by atoms with E-state index >= 15 is 0 Å². The van der Waals surface area contributed by atoms with Crippen molar-refractivity contribution in [2.45, 2.75) is 38.4 Å². The van der Waals surface area contributed by atoms with Gasteiger partial charge in [-0.05, 0) is 100 Å². The third-order valence-corrected chi connectivity index (χ3v) is 9.87. The zero-order valence-electron chi connectivity index (χ0n) is 27.3. The number of pyridine rings is 1. The molecule has 5 aromatic rings. The molecule has 2 aromatic heterocycles. The molecule has 0 spiro atoms. The Bertz CT molecular complexity index is 2060. The summed E-state index contributed by atoms with van der Waals surface area (Å²) in [5.74, 6) is -0.294. The molecule has 3 heterocycles. The third kappa shape index (κ3) is 7.28. The van der Waals surface area contributed by atoms with Crippen LogP contribution in [-0.2, 0) is 24.2 Å². The van der Waals surface area contributed by atoms with Crippen molar-refractivity contribution in [1.82, 2.24) is 24.3 Å².